The number of halogens is 1. The number of hydrogen-bond acceptors (Lipinski definition) is 4. The van der Waals surface area contributed by atoms with Crippen molar-refractivity contribution in [2.75, 3.05) is 19.7 Å². The molecule has 1 atom stereocenters. The van der Waals surface area contributed by atoms with Crippen molar-refractivity contribution in [2.24, 2.45) is 7.05 Å². The molecule has 0 bridgehead atoms. The van der Waals surface area contributed by atoms with Gasteiger partial charge in [-0.15, -0.1) is 0 Å². The van der Waals surface area contributed by atoms with E-state index in [0.29, 0.717) is 29.1 Å². The first kappa shape index (κ1) is 18.0. The van der Waals surface area contributed by atoms with Crippen molar-refractivity contribution in [3.05, 3.63) is 45.7 Å². The molecule has 0 radical (unpaired) electrons. The molecule has 6 heteroatoms. The zero-order valence-electron chi connectivity index (χ0n) is 14.7. The molecule has 0 amide bonds. The lowest BCUT2D eigenvalue weighted by molar-refractivity contribution is 0.230. The predicted molar refractivity (Wildman–Crippen MR) is 100 cm³/mol. The summed E-state index contributed by atoms with van der Waals surface area (Å²) in [4.78, 5) is 14.0. The topological polar surface area (TPSA) is 47.4 Å². The molecule has 0 N–H and O–H groups in total. The Bertz CT molecular complexity index is 790. The number of likely N-dealkylation sites (tertiary alicyclic amines) is 1. The van der Waals surface area contributed by atoms with Gasteiger partial charge in [0.05, 0.1) is 17.3 Å². The number of benzene rings is 1. The van der Waals surface area contributed by atoms with Crippen molar-refractivity contribution in [1.29, 1.82) is 0 Å². The van der Waals surface area contributed by atoms with Crippen LogP contribution in [0.5, 0.6) is 5.75 Å². The van der Waals surface area contributed by atoms with Gasteiger partial charge in [0.2, 0.25) is 0 Å². The minimum Gasteiger partial charge on any atom is -0.492 e. The number of aromatic nitrogens is 2. The highest BCUT2D eigenvalue weighted by Crippen LogP contribution is 2.29. The van der Waals surface area contributed by atoms with Gasteiger partial charge in [-0.3, -0.25) is 4.79 Å². The Labute approximate surface area is 153 Å². The van der Waals surface area contributed by atoms with Crippen molar-refractivity contribution in [1.82, 2.24) is 14.7 Å². The summed E-state index contributed by atoms with van der Waals surface area (Å²) >= 11 is 6.35. The van der Waals surface area contributed by atoms with Crippen LogP contribution < -0.4 is 10.3 Å². The third-order valence-electron chi connectivity index (χ3n) is 4.73. The second kappa shape index (κ2) is 8.02. The summed E-state index contributed by atoms with van der Waals surface area (Å²) in [7, 11) is 1.63. The predicted octanol–water partition coefficient (Wildman–Crippen LogP) is 3.35. The molecule has 1 aromatic heterocycles. The van der Waals surface area contributed by atoms with Gasteiger partial charge in [-0.25, -0.2) is 4.68 Å². The molecule has 2 aromatic rings. The lowest BCUT2D eigenvalue weighted by Gasteiger charge is -2.20. The molecule has 1 aliphatic heterocycles. The van der Waals surface area contributed by atoms with Crippen LogP contribution in [-0.4, -0.2) is 40.4 Å². The molecule has 134 valence electrons. The molecule has 1 aromatic carbocycles. The fraction of sp³-hybridized carbons (Fsp3) is 0.474. The summed E-state index contributed by atoms with van der Waals surface area (Å²) in [5.41, 5.74) is 1.43. The standard InChI is InChI=1S/C19H24ClN3O2/c1-14-5-3-10-23(14)11-4-12-25-18-8-6-15(13-16(18)20)17-7-9-19(24)22(2)21-17/h6-9,13-14H,3-5,10-12H2,1-2H3/t14-/m1/s1. The van der Waals surface area contributed by atoms with E-state index in [1.165, 1.54) is 30.1 Å². The number of ether oxygens (including phenoxy) is 1. The molecule has 1 saturated heterocycles. The Morgan fingerprint density at radius 2 is 2.16 bits per heavy atom. The highest BCUT2D eigenvalue weighted by atomic mass is 35.5. The molecule has 0 aliphatic carbocycles. The van der Waals surface area contributed by atoms with E-state index in [1.807, 2.05) is 18.2 Å². The van der Waals surface area contributed by atoms with Crippen LogP contribution in [0.15, 0.2) is 35.1 Å². The zero-order valence-corrected chi connectivity index (χ0v) is 15.5. The van der Waals surface area contributed by atoms with Gasteiger partial charge in [0.15, 0.2) is 0 Å². The van der Waals surface area contributed by atoms with Gasteiger partial charge in [0.1, 0.15) is 5.75 Å². The van der Waals surface area contributed by atoms with Crippen molar-refractivity contribution < 1.29 is 4.74 Å². The quantitative estimate of drug-likeness (QED) is 0.740. The molecule has 25 heavy (non-hydrogen) atoms. The summed E-state index contributed by atoms with van der Waals surface area (Å²) in [5, 5.41) is 4.80. The van der Waals surface area contributed by atoms with Gasteiger partial charge >= 0.3 is 0 Å². The average molecular weight is 362 g/mol. The molecular weight excluding hydrogens is 338 g/mol. The Hall–Kier alpha value is -1.85. The SMILES string of the molecule is C[C@@H]1CCCN1CCCOc1ccc(-c2ccc(=O)n(C)n2)cc1Cl. The van der Waals surface area contributed by atoms with Crippen LogP contribution in [0, 0.1) is 0 Å². The number of nitrogens with zero attached hydrogens (tertiary/aromatic N) is 3. The van der Waals surface area contributed by atoms with E-state index in [1.54, 1.807) is 13.1 Å². The van der Waals surface area contributed by atoms with E-state index >= 15 is 0 Å². The monoisotopic (exact) mass is 361 g/mol. The molecule has 0 spiro atoms. The summed E-state index contributed by atoms with van der Waals surface area (Å²) in [5.74, 6) is 0.685. The van der Waals surface area contributed by atoms with E-state index in [-0.39, 0.29) is 5.56 Å². The normalized spacial score (nSPS) is 17.8. The summed E-state index contributed by atoms with van der Waals surface area (Å²) < 4.78 is 7.14. The maximum atomic E-state index is 11.4. The molecular formula is C19H24ClN3O2. The van der Waals surface area contributed by atoms with Crippen molar-refractivity contribution in [3.63, 3.8) is 0 Å². The summed E-state index contributed by atoms with van der Waals surface area (Å²) in [6.07, 6.45) is 3.59. The van der Waals surface area contributed by atoms with Crippen molar-refractivity contribution in [2.45, 2.75) is 32.2 Å². The van der Waals surface area contributed by atoms with Crippen LogP contribution in [-0.2, 0) is 7.05 Å². The fourth-order valence-electron chi connectivity index (χ4n) is 3.21. The van der Waals surface area contributed by atoms with Crippen molar-refractivity contribution >= 4 is 11.6 Å². The minimum atomic E-state index is -0.137. The number of hydrogen-bond donors (Lipinski definition) is 0. The van der Waals surface area contributed by atoms with Gasteiger partial charge in [0.25, 0.3) is 5.56 Å². The Morgan fingerprint density at radius 1 is 1.32 bits per heavy atom. The Balaban J connectivity index is 1.58. The smallest absolute Gasteiger partial charge is 0.266 e. The minimum absolute atomic E-state index is 0.137. The van der Waals surface area contributed by atoms with Gasteiger partial charge in [-0.1, -0.05) is 11.6 Å². The Morgan fingerprint density at radius 3 is 2.84 bits per heavy atom. The third kappa shape index (κ3) is 4.41. The molecule has 1 aliphatic rings. The second-order valence-corrected chi connectivity index (χ2v) is 6.96. The fourth-order valence-corrected chi connectivity index (χ4v) is 3.44. The van der Waals surface area contributed by atoms with E-state index < -0.39 is 0 Å². The van der Waals surface area contributed by atoms with E-state index in [0.717, 1.165) is 18.5 Å². The lowest BCUT2D eigenvalue weighted by Crippen LogP contribution is -2.28. The summed E-state index contributed by atoms with van der Waals surface area (Å²) in [6, 6.07) is 9.49. The van der Waals surface area contributed by atoms with Crippen LogP contribution in [0.25, 0.3) is 11.3 Å². The molecule has 0 saturated carbocycles. The van der Waals surface area contributed by atoms with Crippen LogP contribution in [0.3, 0.4) is 0 Å². The highest BCUT2D eigenvalue weighted by Gasteiger charge is 2.19. The highest BCUT2D eigenvalue weighted by molar-refractivity contribution is 6.32. The van der Waals surface area contributed by atoms with Crippen molar-refractivity contribution in [3.8, 4) is 17.0 Å². The zero-order chi connectivity index (χ0) is 17.8. The van der Waals surface area contributed by atoms with Gasteiger partial charge in [-0.2, -0.15) is 5.10 Å². The first-order valence-electron chi connectivity index (χ1n) is 8.76. The molecule has 5 nitrogen and oxygen atoms in total. The maximum Gasteiger partial charge on any atom is 0.266 e. The Kier molecular flexibility index (Phi) is 5.76. The molecule has 3 rings (SSSR count). The van der Waals surface area contributed by atoms with Crippen LogP contribution >= 0.6 is 11.6 Å². The maximum absolute atomic E-state index is 11.4. The molecule has 0 unspecified atom stereocenters. The van der Waals surface area contributed by atoms with E-state index in [4.69, 9.17) is 16.3 Å². The largest absolute Gasteiger partial charge is 0.492 e. The second-order valence-electron chi connectivity index (χ2n) is 6.55. The van der Waals surface area contributed by atoms with Gasteiger partial charge in [-0.05, 0) is 57.0 Å². The first-order valence-corrected chi connectivity index (χ1v) is 9.13. The lowest BCUT2D eigenvalue weighted by atomic mass is 10.1. The van der Waals surface area contributed by atoms with Gasteiger partial charge < -0.3 is 9.64 Å². The van der Waals surface area contributed by atoms with Crippen LogP contribution in [0.1, 0.15) is 26.2 Å². The molecule has 2 heterocycles. The molecule has 1 fully saturated rings. The average Bonchev–Trinajstić information content (AvgIpc) is 3.00. The third-order valence-corrected chi connectivity index (χ3v) is 5.02. The van der Waals surface area contributed by atoms with E-state index in [2.05, 4.69) is 16.9 Å². The first-order chi connectivity index (χ1) is 12.0. The van der Waals surface area contributed by atoms with Crippen LogP contribution in [0.4, 0.5) is 0 Å². The van der Waals surface area contributed by atoms with Crippen LogP contribution in [0.2, 0.25) is 5.02 Å². The summed E-state index contributed by atoms with van der Waals surface area (Å²) in [6.45, 7) is 5.21. The van der Waals surface area contributed by atoms with E-state index in [9.17, 15) is 4.79 Å². The van der Waals surface area contributed by atoms with Gasteiger partial charge in [0, 0.05) is 31.3 Å². The number of rotatable bonds is 6. The number of aryl methyl sites for hydroxylation is 1.